The Kier molecular flexibility index (Phi) is 5.34. The highest BCUT2D eigenvalue weighted by molar-refractivity contribution is 6.30. The van der Waals surface area contributed by atoms with Crippen molar-refractivity contribution in [3.8, 4) is 0 Å². The third-order valence-corrected chi connectivity index (χ3v) is 4.19. The molecule has 1 saturated heterocycles. The number of rotatable bonds is 2. The third kappa shape index (κ3) is 4.70. The lowest BCUT2D eigenvalue weighted by atomic mass is 10.1. The van der Waals surface area contributed by atoms with Gasteiger partial charge in [-0.2, -0.15) is 0 Å². The van der Waals surface area contributed by atoms with E-state index in [-0.39, 0.29) is 12.1 Å². The predicted octanol–water partition coefficient (Wildman–Crippen LogP) is 3.27. The van der Waals surface area contributed by atoms with E-state index >= 15 is 0 Å². The van der Waals surface area contributed by atoms with Crippen LogP contribution in [0.5, 0.6) is 0 Å². The summed E-state index contributed by atoms with van der Waals surface area (Å²) in [5.74, 6) is 0.580. The first-order chi connectivity index (χ1) is 10.7. The summed E-state index contributed by atoms with van der Waals surface area (Å²) in [4.78, 5) is 24.7. The van der Waals surface area contributed by atoms with Crippen LogP contribution in [0, 0.1) is 6.92 Å². The largest absolute Gasteiger partial charge is 0.444 e. The summed E-state index contributed by atoms with van der Waals surface area (Å²) < 4.78 is 5.46. The SMILES string of the molecule is Cc1cnc(N(C)[C@@H]2CCCN(C(=O)OC(C)(C)C)C2)nc1Cl. The number of anilines is 1. The summed E-state index contributed by atoms with van der Waals surface area (Å²) in [7, 11) is 1.93. The average Bonchev–Trinajstić information content (AvgIpc) is 2.48. The predicted molar refractivity (Wildman–Crippen MR) is 91.0 cm³/mol. The van der Waals surface area contributed by atoms with Crippen molar-refractivity contribution in [1.82, 2.24) is 14.9 Å². The summed E-state index contributed by atoms with van der Waals surface area (Å²) in [5, 5.41) is 0.460. The zero-order valence-electron chi connectivity index (χ0n) is 14.5. The molecule has 1 aliphatic heterocycles. The fourth-order valence-corrected chi connectivity index (χ4v) is 2.63. The van der Waals surface area contributed by atoms with Gasteiger partial charge in [-0.15, -0.1) is 0 Å². The van der Waals surface area contributed by atoms with Gasteiger partial charge in [0, 0.05) is 37.9 Å². The number of likely N-dealkylation sites (N-methyl/N-ethyl adjacent to an activating group) is 1. The molecule has 1 aliphatic rings. The van der Waals surface area contributed by atoms with Crippen LogP contribution in [0.25, 0.3) is 0 Å². The molecular weight excluding hydrogens is 316 g/mol. The Labute approximate surface area is 142 Å². The standard InChI is InChI=1S/C16H25ClN4O2/c1-11-9-18-14(19-13(11)17)20(5)12-7-6-8-21(10-12)15(22)23-16(2,3)4/h9,12H,6-8,10H2,1-5H3/t12-/m1/s1. The van der Waals surface area contributed by atoms with Crippen LogP contribution in [0.3, 0.4) is 0 Å². The van der Waals surface area contributed by atoms with Crippen LogP contribution in [-0.2, 0) is 4.74 Å². The number of ether oxygens (including phenoxy) is 1. The number of hydrogen-bond donors (Lipinski definition) is 0. The number of hydrogen-bond acceptors (Lipinski definition) is 5. The molecule has 1 aromatic rings. The first-order valence-electron chi connectivity index (χ1n) is 7.87. The molecule has 1 amide bonds. The van der Waals surface area contributed by atoms with Gasteiger partial charge in [0.2, 0.25) is 5.95 Å². The van der Waals surface area contributed by atoms with Crippen LogP contribution in [0.1, 0.15) is 39.2 Å². The lowest BCUT2D eigenvalue weighted by molar-refractivity contribution is 0.0199. The van der Waals surface area contributed by atoms with E-state index in [9.17, 15) is 4.79 Å². The average molecular weight is 341 g/mol. The quantitative estimate of drug-likeness (QED) is 0.773. The molecule has 6 nitrogen and oxygen atoms in total. The molecule has 128 valence electrons. The minimum atomic E-state index is -0.483. The molecule has 0 spiro atoms. The number of carbonyl (C=O) groups is 1. The molecule has 0 aromatic carbocycles. The van der Waals surface area contributed by atoms with Gasteiger partial charge in [0.1, 0.15) is 10.8 Å². The van der Waals surface area contributed by atoms with Crippen molar-refractivity contribution in [2.75, 3.05) is 25.0 Å². The topological polar surface area (TPSA) is 58.6 Å². The lowest BCUT2D eigenvalue weighted by Crippen LogP contribution is -2.50. The van der Waals surface area contributed by atoms with E-state index < -0.39 is 5.60 Å². The van der Waals surface area contributed by atoms with Crippen LogP contribution in [-0.4, -0.2) is 52.7 Å². The van der Waals surface area contributed by atoms with Crippen molar-refractivity contribution in [3.05, 3.63) is 16.9 Å². The number of carbonyl (C=O) groups excluding carboxylic acids is 1. The Bertz CT molecular complexity index is 574. The lowest BCUT2D eigenvalue weighted by Gasteiger charge is -2.38. The van der Waals surface area contributed by atoms with E-state index in [1.54, 1.807) is 11.1 Å². The highest BCUT2D eigenvalue weighted by atomic mass is 35.5. The van der Waals surface area contributed by atoms with Gasteiger partial charge in [-0.3, -0.25) is 0 Å². The number of nitrogens with zero attached hydrogens (tertiary/aromatic N) is 4. The van der Waals surface area contributed by atoms with Crippen LogP contribution < -0.4 is 4.90 Å². The van der Waals surface area contributed by atoms with Crippen molar-refractivity contribution in [2.24, 2.45) is 0 Å². The summed E-state index contributed by atoms with van der Waals surface area (Å²) in [5.41, 5.74) is 0.367. The maximum Gasteiger partial charge on any atom is 0.410 e. The Morgan fingerprint density at radius 1 is 1.48 bits per heavy atom. The van der Waals surface area contributed by atoms with E-state index in [1.165, 1.54) is 0 Å². The minimum absolute atomic E-state index is 0.148. The van der Waals surface area contributed by atoms with E-state index in [0.29, 0.717) is 17.6 Å². The zero-order valence-corrected chi connectivity index (χ0v) is 15.2. The Morgan fingerprint density at radius 3 is 2.78 bits per heavy atom. The maximum absolute atomic E-state index is 12.2. The van der Waals surface area contributed by atoms with Crippen molar-refractivity contribution in [1.29, 1.82) is 0 Å². The van der Waals surface area contributed by atoms with Crippen LogP contribution >= 0.6 is 11.6 Å². The van der Waals surface area contributed by atoms with Gasteiger partial charge in [0.25, 0.3) is 0 Å². The van der Waals surface area contributed by atoms with Crippen LogP contribution in [0.15, 0.2) is 6.20 Å². The van der Waals surface area contributed by atoms with E-state index in [1.807, 2.05) is 39.6 Å². The molecule has 1 atom stereocenters. The van der Waals surface area contributed by atoms with Gasteiger partial charge in [-0.05, 0) is 40.5 Å². The highest BCUT2D eigenvalue weighted by Crippen LogP contribution is 2.22. The van der Waals surface area contributed by atoms with Gasteiger partial charge in [-0.1, -0.05) is 11.6 Å². The molecule has 0 N–H and O–H groups in total. The number of likely N-dealkylation sites (tertiary alicyclic amines) is 1. The van der Waals surface area contributed by atoms with E-state index in [4.69, 9.17) is 16.3 Å². The summed E-state index contributed by atoms with van der Waals surface area (Å²) in [6.45, 7) is 8.81. The van der Waals surface area contributed by atoms with Gasteiger partial charge >= 0.3 is 6.09 Å². The van der Waals surface area contributed by atoms with Gasteiger partial charge in [0.05, 0.1) is 0 Å². The monoisotopic (exact) mass is 340 g/mol. The minimum Gasteiger partial charge on any atom is -0.444 e. The Hall–Kier alpha value is -1.56. The summed E-state index contributed by atoms with van der Waals surface area (Å²) >= 11 is 6.09. The van der Waals surface area contributed by atoms with E-state index in [2.05, 4.69) is 9.97 Å². The van der Waals surface area contributed by atoms with Crippen LogP contribution in [0.4, 0.5) is 10.7 Å². The summed E-state index contributed by atoms with van der Waals surface area (Å²) in [6, 6.07) is 0.148. The number of aromatic nitrogens is 2. The van der Waals surface area contributed by atoms with Crippen molar-refractivity contribution in [2.45, 2.75) is 52.2 Å². The van der Waals surface area contributed by atoms with Crippen molar-refractivity contribution in [3.63, 3.8) is 0 Å². The van der Waals surface area contributed by atoms with Gasteiger partial charge < -0.3 is 14.5 Å². The molecular formula is C16H25ClN4O2. The molecule has 7 heteroatoms. The second-order valence-corrected chi connectivity index (χ2v) is 7.34. The fraction of sp³-hybridized carbons (Fsp3) is 0.688. The van der Waals surface area contributed by atoms with Crippen molar-refractivity contribution >= 4 is 23.6 Å². The number of aryl methyl sites for hydroxylation is 1. The molecule has 0 saturated carbocycles. The molecule has 23 heavy (non-hydrogen) atoms. The van der Waals surface area contributed by atoms with Gasteiger partial charge in [0.15, 0.2) is 0 Å². The number of piperidine rings is 1. The Balaban J connectivity index is 2.05. The third-order valence-electron chi connectivity index (χ3n) is 3.81. The molecule has 0 aliphatic carbocycles. The number of amides is 1. The molecule has 0 unspecified atom stereocenters. The molecule has 1 fully saturated rings. The second kappa shape index (κ2) is 6.91. The first-order valence-corrected chi connectivity index (χ1v) is 8.25. The molecule has 2 heterocycles. The molecule has 2 rings (SSSR count). The molecule has 1 aromatic heterocycles. The first kappa shape index (κ1) is 17.8. The van der Waals surface area contributed by atoms with E-state index in [0.717, 1.165) is 24.9 Å². The van der Waals surface area contributed by atoms with Gasteiger partial charge in [-0.25, -0.2) is 14.8 Å². The highest BCUT2D eigenvalue weighted by Gasteiger charge is 2.30. The number of halogens is 1. The normalized spacial score (nSPS) is 18.7. The fourth-order valence-electron chi connectivity index (χ4n) is 2.51. The van der Waals surface area contributed by atoms with Crippen LogP contribution in [0.2, 0.25) is 5.15 Å². The maximum atomic E-state index is 12.2. The smallest absolute Gasteiger partial charge is 0.410 e. The Morgan fingerprint density at radius 2 is 2.17 bits per heavy atom. The molecule has 0 bridgehead atoms. The van der Waals surface area contributed by atoms with Crippen molar-refractivity contribution < 1.29 is 9.53 Å². The summed E-state index contributed by atoms with van der Waals surface area (Å²) in [6.07, 6.45) is 3.35. The molecule has 0 radical (unpaired) electrons. The second-order valence-electron chi connectivity index (χ2n) is 6.98. The zero-order chi connectivity index (χ0) is 17.2.